The molecule has 30 valence electrons. The number of hydrogen-bond acceptors (Lipinski definition) is 2. The zero-order valence-electron chi connectivity index (χ0n) is 5.19. The second kappa shape index (κ2) is 2.20. The number of carbonyl (C=O) groups excluding carboxylic acids is 1. The van der Waals surface area contributed by atoms with Gasteiger partial charge in [0.05, 0.1) is 0 Å². The van der Waals surface area contributed by atoms with E-state index in [1.54, 1.807) is 0 Å². The lowest BCUT2D eigenvalue weighted by Crippen LogP contribution is -1.82. The van der Waals surface area contributed by atoms with Gasteiger partial charge in [0.2, 0.25) is 0 Å². The molecule has 0 spiro atoms. The van der Waals surface area contributed by atoms with Crippen LogP contribution in [0, 0.1) is 0 Å². The van der Waals surface area contributed by atoms with Gasteiger partial charge in [0, 0.05) is 11.0 Å². The molecule has 0 aliphatic carbocycles. The molecule has 0 amide bonds. The van der Waals surface area contributed by atoms with Crippen molar-refractivity contribution in [3.8, 4) is 0 Å². The Morgan fingerprint density at radius 1 is 2.40 bits per heavy atom. The average molecular weight is 142 g/mol. The van der Waals surface area contributed by atoms with Crippen LogP contribution in [0.2, 0.25) is 0 Å². The van der Waals surface area contributed by atoms with E-state index in [1.807, 2.05) is 0 Å². The summed E-state index contributed by atoms with van der Waals surface area (Å²) in [6, 6.07) is 0. The van der Waals surface area contributed by atoms with Gasteiger partial charge < -0.3 is 3.83 Å². The van der Waals surface area contributed by atoms with Crippen molar-refractivity contribution in [1.29, 1.82) is 0 Å². The number of hydrogen-bond donors (Lipinski definition) is 0. The Kier molecular flexibility index (Phi) is 0.705. The first-order chi connectivity index (χ1) is 3.48. The summed E-state index contributed by atoms with van der Waals surface area (Å²) in [6.45, 7) is -2.65. The average Bonchev–Trinajstić information content (AvgIpc) is 1.62. The highest BCUT2D eigenvalue weighted by atomic mass is 79.9. The minimum Gasteiger partial charge on any atom is -0.384 e. The van der Waals surface area contributed by atoms with Crippen molar-refractivity contribution in [2.45, 2.75) is 6.85 Å². The molecule has 0 aromatic heterocycles. The van der Waals surface area contributed by atoms with Gasteiger partial charge in [0.1, 0.15) is 0 Å². The summed E-state index contributed by atoms with van der Waals surface area (Å²) < 4.78 is 22.8. The third-order valence-corrected chi connectivity index (χ3v) is 0.364. The third-order valence-electron chi connectivity index (χ3n) is 0.0701. The van der Waals surface area contributed by atoms with Crippen LogP contribution in [0.1, 0.15) is 11.0 Å². The predicted octanol–water partition coefficient (Wildman–Crippen LogP) is 0.859. The Hall–Kier alpha value is -0.0500. The summed E-state index contributed by atoms with van der Waals surface area (Å²) in [5, 5.41) is 0. The molecule has 0 aromatic carbocycles. The van der Waals surface area contributed by atoms with Crippen molar-refractivity contribution in [3.63, 3.8) is 0 Å². The van der Waals surface area contributed by atoms with Crippen molar-refractivity contribution < 1.29 is 12.7 Å². The standard InChI is InChI=1S/C2H3BrO2/c1-2(4)5-3/h1H3/i1D3. The van der Waals surface area contributed by atoms with Crippen LogP contribution < -0.4 is 0 Å². The molecule has 3 heteroatoms. The second-order valence-corrected chi connectivity index (χ2v) is 0.688. The molecular formula is C2H3BrO2. The largest absolute Gasteiger partial charge is 0.384 e. The van der Waals surface area contributed by atoms with Crippen LogP contribution in [0.25, 0.3) is 0 Å². The van der Waals surface area contributed by atoms with Gasteiger partial charge in [-0.25, -0.2) is 0 Å². The van der Waals surface area contributed by atoms with Crippen molar-refractivity contribution >= 4 is 22.2 Å². The summed E-state index contributed by atoms with van der Waals surface area (Å²) >= 11 is 2.24. The monoisotopic (exact) mass is 141 g/mol. The maximum Gasteiger partial charge on any atom is 0.314 e. The molecule has 2 nitrogen and oxygen atoms in total. The highest BCUT2D eigenvalue weighted by molar-refractivity contribution is 9.06. The molecule has 0 atom stereocenters. The third kappa shape index (κ3) is 3.95. The van der Waals surface area contributed by atoms with Gasteiger partial charge in [-0.05, 0) is 0 Å². The smallest absolute Gasteiger partial charge is 0.314 e. The van der Waals surface area contributed by atoms with Gasteiger partial charge in [-0.3, -0.25) is 4.79 Å². The lowest BCUT2D eigenvalue weighted by molar-refractivity contribution is -0.129. The SMILES string of the molecule is [2H]C([2H])([2H])C(=O)OBr. The van der Waals surface area contributed by atoms with Crippen molar-refractivity contribution in [2.75, 3.05) is 0 Å². The Morgan fingerprint density at radius 3 is 3.00 bits per heavy atom. The summed E-state index contributed by atoms with van der Waals surface area (Å²) in [4.78, 5) is 10.0. The van der Waals surface area contributed by atoms with Crippen molar-refractivity contribution in [2.24, 2.45) is 0 Å². The van der Waals surface area contributed by atoms with Gasteiger partial charge in [0.25, 0.3) is 0 Å². The summed E-state index contributed by atoms with van der Waals surface area (Å²) in [6.07, 6.45) is 0. The quantitative estimate of drug-likeness (QED) is 0.501. The fourth-order valence-corrected chi connectivity index (χ4v) is 0. The van der Waals surface area contributed by atoms with Crippen LogP contribution in [0.4, 0.5) is 0 Å². The normalized spacial score (nSPS) is 18.2. The van der Waals surface area contributed by atoms with Crippen LogP contribution in [0.15, 0.2) is 0 Å². The summed E-state index contributed by atoms with van der Waals surface area (Å²) in [5.41, 5.74) is 0. The number of halogens is 1. The first kappa shape index (κ1) is 1.60. The van der Waals surface area contributed by atoms with Crippen LogP contribution in [0.3, 0.4) is 0 Å². The zero-order chi connectivity index (χ0) is 6.78. The lowest BCUT2D eigenvalue weighted by Gasteiger charge is -1.75. The summed E-state index contributed by atoms with van der Waals surface area (Å²) in [5.74, 6) is -1.25. The Labute approximate surface area is 42.8 Å². The number of carbonyl (C=O) groups is 1. The van der Waals surface area contributed by atoms with E-state index in [9.17, 15) is 4.79 Å². The van der Waals surface area contributed by atoms with E-state index in [0.29, 0.717) is 0 Å². The van der Waals surface area contributed by atoms with E-state index in [-0.39, 0.29) is 0 Å². The van der Waals surface area contributed by atoms with E-state index in [0.717, 1.165) is 0 Å². The molecule has 0 heterocycles. The van der Waals surface area contributed by atoms with E-state index < -0.39 is 12.8 Å². The van der Waals surface area contributed by atoms with E-state index in [2.05, 4.69) is 20.1 Å². The molecule has 5 heavy (non-hydrogen) atoms. The molecule has 0 saturated carbocycles. The van der Waals surface area contributed by atoms with Crippen LogP contribution >= 0.6 is 16.3 Å². The first-order valence-electron chi connectivity index (χ1n) is 2.31. The van der Waals surface area contributed by atoms with Gasteiger partial charge in [-0.15, -0.1) is 0 Å². The molecule has 0 saturated heterocycles. The maximum absolute atomic E-state index is 10.0. The Balaban J connectivity index is 3.82. The van der Waals surface area contributed by atoms with Crippen LogP contribution in [-0.4, -0.2) is 5.97 Å². The molecule has 0 aliphatic rings. The molecule has 0 rings (SSSR count). The Bertz CT molecular complexity index is 97.9. The molecular weight excluding hydrogens is 136 g/mol. The second-order valence-electron chi connectivity index (χ2n) is 0.365. The topological polar surface area (TPSA) is 26.3 Å². The molecule has 0 unspecified atom stereocenters. The van der Waals surface area contributed by atoms with Crippen molar-refractivity contribution in [1.82, 2.24) is 0 Å². The predicted molar refractivity (Wildman–Crippen MR) is 20.7 cm³/mol. The molecule has 0 radical (unpaired) electrons. The lowest BCUT2D eigenvalue weighted by atomic mass is 10.9. The minimum atomic E-state index is -2.65. The van der Waals surface area contributed by atoms with Crippen LogP contribution in [0.5, 0.6) is 0 Å². The molecule has 0 bridgehead atoms. The molecule has 0 aromatic rings. The van der Waals surface area contributed by atoms with Crippen molar-refractivity contribution in [3.05, 3.63) is 0 Å². The van der Waals surface area contributed by atoms with E-state index >= 15 is 0 Å². The van der Waals surface area contributed by atoms with Gasteiger partial charge in [-0.2, -0.15) is 0 Å². The molecule has 0 fully saturated rings. The maximum atomic E-state index is 10.0. The number of rotatable bonds is 0. The Morgan fingerprint density at radius 2 is 3.00 bits per heavy atom. The minimum absolute atomic E-state index is 1.25. The highest BCUT2D eigenvalue weighted by Gasteiger charge is 1.78. The highest BCUT2D eigenvalue weighted by Crippen LogP contribution is 1.80. The summed E-state index contributed by atoms with van der Waals surface area (Å²) in [7, 11) is 0. The zero-order valence-corrected chi connectivity index (χ0v) is 3.78. The van der Waals surface area contributed by atoms with E-state index in [4.69, 9.17) is 4.11 Å². The van der Waals surface area contributed by atoms with Gasteiger partial charge >= 0.3 is 5.97 Å². The van der Waals surface area contributed by atoms with Gasteiger partial charge in [-0.1, -0.05) is 0 Å². The fraction of sp³-hybridized carbons (Fsp3) is 0.500. The van der Waals surface area contributed by atoms with Gasteiger partial charge in [0.15, 0.2) is 16.3 Å². The van der Waals surface area contributed by atoms with E-state index in [1.165, 1.54) is 0 Å². The fourth-order valence-electron chi connectivity index (χ4n) is 0. The van der Waals surface area contributed by atoms with Crippen LogP contribution in [-0.2, 0) is 8.62 Å². The molecule has 0 N–H and O–H groups in total. The first-order valence-corrected chi connectivity index (χ1v) is 1.46. The molecule has 0 aliphatic heterocycles.